The Bertz CT molecular complexity index is 1100. The van der Waals surface area contributed by atoms with E-state index in [0.29, 0.717) is 0 Å². The number of Topliss-reactive ketones (excluding diaryl/α,β-unsaturated/α-hetero) is 1. The quantitative estimate of drug-likeness (QED) is 0.186. The highest BCUT2D eigenvalue weighted by atomic mass is 32.2. The minimum atomic E-state index is -1.11. The first-order valence-corrected chi connectivity index (χ1v) is 17.6. The molecule has 2 rings (SSSR count). The zero-order valence-corrected chi connectivity index (χ0v) is 27.7. The maximum absolute atomic E-state index is 13.1. The Morgan fingerprint density at radius 2 is 1.02 bits per heavy atom. The van der Waals surface area contributed by atoms with Crippen molar-refractivity contribution < 1.29 is 44.4 Å². The van der Waals surface area contributed by atoms with Gasteiger partial charge in [0.1, 0.15) is 11.8 Å². The van der Waals surface area contributed by atoms with Crippen molar-refractivity contribution >= 4 is 53.2 Å². The summed E-state index contributed by atoms with van der Waals surface area (Å²) < 4.78 is 0. The standard InChI is InChI=1S/C30H46N4O9S2/c1-44-20-23-13-22(14-24(15-23)21-45-2)16-25(35)3-4-26(30(42)43)34-11-9-32(18-28(38)39)7-5-31(17-27(36)37)6-8-33(10-12-34)19-29(40)41/h13-15,26H,3-12,16-21H2,1-2H3,(H,36,37)(H,38,39)(H,40,41)(H,42,43). The van der Waals surface area contributed by atoms with E-state index >= 15 is 0 Å². The second-order valence-electron chi connectivity index (χ2n) is 11.2. The van der Waals surface area contributed by atoms with Gasteiger partial charge in [-0.15, -0.1) is 0 Å². The summed E-state index contributed by atoms with van der Waals surface area (Å²) in [6.07, 6.45) is 4.33. The van der Waals surface area contributed by atoms with E-state index in [1.807, 2.05) is 24.6 Å². The average Bonchev–Trinajstić information content (AvgIpc) is 2.93. The van der Waals surface area contributed by atoms with Crippen molar-refractivity contribution in [3.63, 3.8) is 0 Å². The van der Waals surface area contributed by atoms with E-state index in [1.54, 1.807) is 43.1 Å². The van der Waals surface area contributed by atoms with Crippen molar-refractivity contribution in [2.24, 2.45) is 0 Å². The molecular formula is C30H46N4O9S2. The number of nitrogens with zero attached hydrogens (tertiary/aromatic N) is 4. The second kappa shape index (κ2) is 20.4. The molecule has 0 radical (unpaired) electrons. The molecular weight excluding hydrogens is 624 g/mol. The molecule has 0 saturated carbocycles. The Labute approximate surface area is 272 Å². The lowest BCUT2D eigenvalue weighted by Gasteiger charge is -2.35. The normalized spacial score (nSPS) is 17.2. The lowest BCUT2D eigenvalue weighted by atomic mass is 9.99. The van der Waals surface area contributed by atoms with Crippen LogP contribution in [0, 0.1) is 0 Å². The largest absolute Gasteiger partial charge is 0.480 e. The molecule has 0 spiro atoms. The van der Waals surface area contributed by atoms with Crippen LogP contribution in [0.4, 0.5) is 0 Å². The number of thioether (sulfide) groups is 2. The van der Waals surface area contributed by atoms with Crippen LogP contribution in [-0.2, 0) is 41.9 Å². The second-order valence-corrected chi connectivity index (χ2v) is 12.9. The van der Waals surface area contributed by atoms with Crippen molar-refractivity contribution in [2.45, 2.75) is 36.8 Å². The smallest absolute Gasteiger partial charge is 0.320 e. The van der Waals surface area contributed by atoms with Gasteiger partial charge in [-0.05, 0) is 35.6 Å². The molecule has 1 aliphatic rings. The van der Waals surface area contributed by atoms with Gasteiger partial charge < -0.3 is 20.4 Å². The number of carbonyl (C=O) groups excluding carboxylic acids is 1. The summed E-state index contributed by atoms with van der Waals surface area (Å²) in [6, 6.07) is 5.15. The van der Waals surface area contributed by atoms with Crippen LogP contribution in [-0.4, -0.2) is 160 Å². The minimum absolute atomic E-state index is 0.0416. The number of benzene rings is 1. The van der Waals surface area contributed by atoms with Crippen molar-refractivity contribution in [3.8, 4) is 0 Å². The molecule has 15 heteroatoms. The fourth-order valence-corrected chi connectivity index (χ4v) is 6.43. The Kier molecular flexibility index (Phi) is 17.5. The maximum atomic E-state index is 13.1. The van der Waals surface area contributed by atoms with Crippen LogP contribution >= 0.6 is 23.5 Å². The van der Waals surface area contributed by atoms with Crippen LogP contribution in [0.15, 0.2) is 18.2 Å². The molecule has 0 bridgehead atoms. The van der Waals surface area contributed by atoms with Crippen molar-refractivity contribution in [2.75, 3.05) is 84.5 Å². The minimum Gasteiger partial charge on any atom is -0.480 e. The maximum Gasteiger partial charge on any atom is 0.320 e. The Morgan fingerprint density at radius 3 is 1.38 bits per heavy atom. The molecule has 0 amide bonds. The summed E-state index contributed by atoms with van der Waals surface area (Å²) >= 11 is 3.40. The summed E-state index contributed by atoms with van der Waals surface area (Å²) in [5.74, 6) is -2.70. The van der Waals surface area contributed by atoms with E-state index in [1.165, 1.54) is 0 Å². The first kappa shape index (κ1) is 38.5. The number of ketones is 1. The van der Waals surface area contributed by atoms with Gasteiger partial charge in [0, 0.05) is 76.7 Å². The highest BCUT2D eigenvalue weighted by Crippen LogP contribution is 2.20. The van der Waals surface area contributed by atoms with Gasteiger partial charge in [-0.2, -0.15) is 23.5 Å². The highest BCUT2D eigenvalue weighted by molar-refractivity contribution is 7.98. The van der Waals surface area contributed by atoms with Crippen molar-refractivity contribution in [1.82, 2.24) is 19.6 Å². The number of aliphatic carboxylic acids is 4. The van der Waals surface area contributed by atoms with E-state index in [2.05, 4.69) is 6.07 Å². The molecule has 1 heterocycles. The third-order valence-electron chi connectivity index (χ3n) is 7.51. The average molecular weight is 671 g/mol. The summed E-state index contributed by atoms with van der Waals surface area (Å²) in [5.41, 5.74) is 3.18. The first-order chi connectivity index (χ1) is 21.4. The van der Waals surface area contributed by atoms with Gasteiger partial charge in [0.2, 0.25) is 0 Å². The van der Waals surface area contributed by atoms with Crippen molar-refractivity contribution in [3.05, 3.63) is 34.9 Å². The Morgan fingerprint density at radius 1 is 0.644 bits per heavy atom. The monoisotopic (exact) mass is 670 g/mol. The van der Waals surface area contributed by atoms with Crippen LogP contribution in [0.25, 0.3) is 0 Å². The molecule has 45 heavy (non-hydrogen) atoms. The zero-order valence-electron chi connectivity index (χ0n) is 26.1. The van der Waals surface area contributed by atoms with Crippen LogP contribution in [0.1, 0.15) is 29.5 Å². The van der Waals surface area contributed by atoms with Crippen molar-refractivity contribution in [1.29, 1.82) is 0 Å². The van der Waals surface area contributed by atoms with Gasteiger partial charge in [0.15, 0.2) is 0 Å². The number of hydrogen-bond acceptors (Lipinski definition) is 11. The predicted octanol–water partition coefficient (Wildman–Crippen LogP) is 1.23. The van der Waals surface area contributed by atoms with Crippen LogP contribution in [0.3, 0.4) is 0 Å². The van der Waals surface area contributed by atoms with Gasteiger partial charge in [0.25, 0.3) is 0 Å². The number of carboxylic acids is 4. The summed E-state index contributed by atoms with van der Waals surface area (Å²) in [5, 5.41) is 38.4. The summed E-state index contributed by atoms with van der Waals surface area (Å²) in [6.45, 7) is 0.822. The van der Waals surface area contributed by atoms with Gasteiger partial charge >= 0.3 is 23.9 Å². The van der Waals surface area contributed by atoms with Gasteiger partial charge in [-0.1, -0.05) is 18.2 Å². The fraction of sp³-hybridized carbons (Fsp3) is 0.633. The molecule has 1 aromatic carbocycles. The molecule has 0 aliphatic carbocycles. The lowest BCUT2D eigenvalue weighted by Crippen LogP contribution is -2.51. The fourth-order valence-electron chi connectivity index (χ4n) is 5.43. The molecule has 1 saturated heterocycles. The van der Waals surface area contributed by atoms with E-state index in [4.69, 9.17) is 0 Å². The molecule has 13 nitrogen and oxygen atoms in total. The third-order valence-corrected chi connectivity index (χ3v) is 8.75. The van der Waals surface area contributed by atoms with Crippen LogP contribution in [0.2, 0.25) is 0 Å². The van der Waals surface area contributed by atoms with Crippen LogP contribution < -0.4 is 0 Å². The SMILES string of the molecule is CSCc1cc(CSC)cc(CC(=O)CCC(C(=O)O)N2CCN(CC(=O)O)CCN(CC(=O)O)CCN(CC(=O)O)CC2)c1. The molecule has 4 N–H and O–H groups in total. The summed E-state index contributed by atoms with van der Waals surface area (Å²) in [4.78, 5) is 66.7. The van der Waals surface area contributed by atoms with E-state index < -0.39 is 29.9 Å². The Hall–Kier alpha value is -2.69. The molecule has 1 aliphatic heterocycles. The summed E-state index contributed by atoms with van der Waals surface area (Å²) in [7, 11) is 0. The van der Waals surface area contributed by atoms with Gasteiger partial charge in [0.05, 0.1) is 19.6 Å². The van der Waals surface area contributed by atoms with Gasteiger partial charge in [-0.3, -0.25) is 43.6 Å². The molecule has 1 aromatic rings. The topological polar surface area (TPSA) is 179 Å². The number of hydrogen-bond donors (Lipinski definition) is 4. The van der Waals surface area contributed by atoms with E-state index in [0.717, 1.165) is 28.2 Å². The lowest BCUT2D eigenvalue weighted by molar-refractivity contribution is -0.145. The first-order valence-electron chi connectivity index (χ1n) is 14.8. The third kappa shape index (κ3) is 15.4. The molecule has 252 valence electrons. The molecule has 1 unspecified atom stereocenters. The molecule has 1 fully saturated rings. The predicted molar refractivity (Wildman–Crippen MR) is 174 cm³/mol. The van der Waals surface area contributed by atoms with Crippen LogP contribution in [0.5, 0.6) is 0 Å². The molecule has 0 aromatic heterocycles. The molecule has 1 atom stereocenters. The zero-order chi connectivity index (χ0) is 33.4. The van der Waals surface area contributed by atoms with Gasteiger partial charge in [-0.25, -0.2) is 0 Å². The Balaban J connectivity index is 2.21. The number of rotatable bonds is 17. The van der Waals surface area contributed by atoms with E-state index in [9.17, 15) is 44.4 Å². The van der Waals surface area contributed by atoms with E-state index in [-0.39, 0.29) is 97.0 Å². The highest BCUT2D eigenvalue weighted by Gasteiger charge is 2.28. The number of carboxylic acid groups (broad SMARTS) is 4. The number of carbonyl (C=O) groups is 5.